The zero-order chi connectivity index (χ0) is 12.9. The van der Waals surface area contributed by atoms with Gasteiger partial charge >= 0.3 is 0 Å². The summed E-state index contributed by atoms with van der Waals surface area (Å²) in [6.45, 7) is 10.2. The summed E-state index contributed by atoms with van der Waals surface area (Å²) < 4.78 is 1.71. The van der Waals surface area contributed by atoms with Crippen LogP contribution in [0.2, 0.25) is 0 Å². The summed E-state index contributed by atoms with van der Waals surface area (Å²) >= 11 is 0. The van der Waals surface area contributed by atoms with Gasteiger partial charge in [0, 0.05) is 12.7 Å². The largest absolute Gasteiger partial charge is 0.388 e. The molecule has 1 heterocycles. The van der Waals surface area contributed by atoms with Crippen molar-refractivity contribution in [2.24, 2.45) is 5.92 Å². The molecule has 1 aromatic rings. The van der Waals surface area contributed by atoms with E-state index in [1.807, 2.05) is 27.0 Å². The van der Waals surface area contributed by atoms with Gasteiger partial charge in [0.15, 0.2) is 0 Å². The van der Waals surface area contributed by atoms with Crippen molar-refractivity contribution >= 4 is 0 Å². The lowest BCUT2D eigenvalue weighted by Crippen LogP contribution is -2.36. The van der Waals surface area contributed by atoms with E-state index >= 15 is 0 Å². The molecule has 2 N–H and O–H groups in total. The first-order chi connectivity index (χ1) is 7.95. The monoisotopic (exact) mass is 240 g/mol. The van der Waals surface area contributed by atoms with Crippen molar-refractivity contribution in [1.29, 1.82) is 0 Å². The summed E-state index contributed by atoms with van der Waals surface area (Å²) in [7, 11) is 0. The minimum Gasteiger partial charge on any atom is -0.388 e. The molecule has 5 nitrogen and oxygen atoms in total. The molecule has 98 valence electrons. The number of rotatable bonds is 7. The lowest BCUT2D eigenvalue weighted by molar-refractivity contribution is -0.00611. The Labute approximate surface area is 103 Å². The molecule has 0 bridgehead atoms. The summed E-state index contributed by atoms with van der Waals surface area (Å²) in [6, 6.07) is 0. The first kappa shape index (κ1) is 14.1. The number of aromatic nitrogens is 3. The van der Waals surface area contributed by atoms with E-state index in [-0.39, 0.29) is 5.92 Å². The molecule has 0 saturated heterocycles. The molecule has 1 rings (SSSR count). The molecule has 1 atom stereocenters. The second-order valence-electron chi connectivity index (χ2n) is 5.10. The van der Waals surface area contributed by atoms with Crippen LogP contribution in [-0.4, -0.2) is 32.2 Å². The first-order valence-electron chi connectivity index (χ1n) is 6.28. The van der Waals surface area contributed by atoms with Crippen molar-refractivity contribution in [2.45, 2.75) is 52.8 Å². The van der Waals surface area contributed by atoms with Crippen molar-refractivity contribution in [3.63, 3.8) is 0 Å². The number of nitrogens with zero attached hydrogens (tertiary/aromatic N) is 3. The summed E-state index contributed by atoms with van der Waals surface area (Å²) in [5, 5.41) is 21.5. The molecule has 0 aliphatic carbocycles. The number of hydrogen-bond acceptors (Lipinski definition) is 4. The standard InChI is InChI=1S/C12H24N4O/c1-5-6-13-7-11-8-16(15-14-11)9-12(4,17)10(2)3/h8,10,13,17H,5-7,9H2,1-4H3. The average Bonchev–Trinajstić information content (AvgIpc) is 2.65. The van der Waals surface area contributed by atoms with Crippen LogP contribution in [0.25, 0.3) is 0 Å². The molecule has 0 aromatic carbocycles. The summed E-state index contributed by atoms with van der Waals surface area (Å²) in [5.41, 5.74) is 0.167. The Kier molecular flexibility index (Phi) is 5.08. The fourth-order valence-electron chi connectivity index (χ4n) is 1.40. The van der Waals surface area contributed by atoms with Crippen LogP contribution in [0, 0.1) is 5.92 Å². The fourth-order valence-corrected chi connectivity index (χ4v) is 1.40. The molecule has 0 saturated carbocycles. The van der Waals surface area contributed by atoms with E-state index in [0.717, 1.165) is 25.2 Å². The molecule has 0 radical (unpaired) electrons. The Hall–Kier alpha value is -0.940. The molecular weight excluding hydrogens is 216 g/mol. The van der Waals surface area contributed by atoms with Gasteiger partial charge in [0.05, 0.1) is 17.8 Å². The zero-order valence-corrected chi connectivity index (χ0v) is 11.3. The van der Waals surface area contributed by atoms with Gasteiger partial charge in [0.2, 0.25) is 0 Å². The zero-order valence-electron chi connectivity index (χ0n) is 11.3. The van der Waals surface area contributed by atoms with E-state index in [9.17, 15) is 5.11 Å². The number of aliphatic hydroxyl groups is 1. The molecular formula is C12H24N4O. The SMILES string of the molecule is CCCNCc1cn(CC(C)(O)C(C)C)nn1. The van der Waals surface area contributed by atoms with E-state index in [1.165, 1.54) is 0 Å². The quantitative estimate of drug-likeness (QED) is 0.703. The second kappa shape index (κ2) is 6.12. The van der Waals surface area contributed by atoms with Crippen molar-refractivity contribution in [1.82, 2.24) is 20.3 Å². The Bertz CT molecular complexity index is 333. The van der Waals surface area contributed by atoms with Crippen LogP contribution in [-0.2, 0) is 13.1 Å². The maximum atomic E-state index is 10.2. The van der Waals surface area contributed by atoms with Crippen molar-refractivity contribution in [3.8, 4) is 0 Å². The third kappa shape index (κ3) is 4.44. The van der Waals surface area contributed by atoms with Crippen LogP contribution in [0.15, 0.2) is 6.20 Å². The highest BCUT2D eigenvalue weighted by atomic mass is 16.3. The van der Waals surface area contributed by atoms with Gasteiger partial charge in [-0.1, -0.05) is 26.0 Å². The Balaban J connectivity index is 2.51. The molecule has 0 aliphatic rings. The van der Waals surface area contributed by atoms with Crippen LogP contribution in [0.1, 0.15) is 39.8 Å². The number of nitrogens with one attached hydrogen (secondary N) is 1. The molecule has 0 amide bonds. The van der Waals surface area contributed by atoms with Crippen molar-refractivity contribution in [3.05, 3.63) is 11.9 Å². The molecule has 17 heavy (non-hydrogen) atoms. The van der Waals surface area contributed by atoms with E-state index in [4.69, 9.17) is 0 Å². The van der Waals surface area contributed by atoms with Crippen LogP contribution in [0.4, 0.5) is 0 Å². The van der Waals surface area contributed by atoms with E-state index < -0.39 is 5.60 Å². The van der Waals surface area contributed by atoms with E-state index in [1.54, 1.807) is 4.68 Å². The maximum absolute atomic E-state index is 10.2. The van der Waals surface area contributed by atoms with Crippen LogP contribution in [0.5, 0.6) is 0 Å². The lowest BCUT2D eigenvalue weighted by Gasteiger charge is -2.26. The van der Waals surface area contributed by atoms with Crippen LogP contribution < -0.4 is 5.32 Å². The van der Waals surface area contributed by atoms with Crippen LogP contribution >= 0.6 is 0 Å². The van der Waals surface area contributed by atoms with Gasteiger partial charge in [-0.3, -0.25) is 0 Å². The Morgan fingerprint density at radius 3 is 2.82 bits per heavy atom. The average molecular weight is 240 g/mol. The van der Waals surface area contributed by atoms with Gasteiger partial charge in [-0.05, 0) is 25.8 Å². The third-order valence-corrected chi connectivity index (χ3v) is 3.04. The predicted octanol–water partition coefficient (Wildman–Crippen LogP) is 1.18. The van der Waals surface area contributed by atoms with Gasteiger partial charge in [0.25, 0.3) is 0 Å². The molecule has 1 unspecified atom stereocenters. The summed E-state index contributed by atoms with van der Waals surface area (Å²) in [4.78, 5) is 0. The fraction of sp³-hybridized carbons (Fsp3) is 0.833. The minimum absolute atomic E-state index is 0.188. The van der Waals surface area contributed by atoms with Gasteiger partial charge in [-0.25, -0.2) is 4.68 Å². The molecule has 0 fully saturated rings. The van der Waals surface area contributed by atoms with Gasteiger partial charge in [-0.2, -0.15) is 0 Å². The van der Waals surface area contributed by atoms with E-state index in [0.29, 0.717) is 6.54 Å². The van der Waals surface area contributed by atoms with E-state index in [2.05, 4.69) is 22.6 Å². The highest BCUT2D eigenvalue weighted by Crippen LogP contribution is 2.17. The molecule has 0 spiro atoms. The summed E-state index contributed by atoms with van der Waals surface area (Å²) in [6.07, 6.45) is 3.00. The number of hydrogen-bond donors (Lipinski definition) is 2. The topological polar surface area (TPSA) is 63.0 Å². The third-order valence-electron chi connectivity index (χ3n) is 3.04. The molecule has 5 heteroatoms. The Morgan fingerprint density at radius 1 is 1.53 bits per heavy atom. The first-order valence-corrected chi connectivity index (χ1v) is 6.28. The maximum Gasteiger partial charge on any atom is 0.0964 e. The highest BCUT2D eigenvalue weighted by molar-refractivity contribution is 4.92. The smallest absolute Gasteiger partial charge is 0.0964 e. The minimum atomic E-state index is -0.748. The van der Waals surface area contributed by atoms with Gasteiger partial charge < -0.3 is 10.4 Å². The normalized spacial score (nSPS) is 15.2. The summed E-state index contributed by atoms with van der Waals surface area (Å²) in [5.74, 6) is 0.188. The predicted molar refractivity (Wildman–Crippen MR) is 67.5 cm³/mol. The Morgan fingerprint density at radius 2 is 2.24 bits per heavy atom. The van der Waals surface area contributed by atoms with Gasteiger partial charge in [-0.15, -0.1) is 5.10 Å². The van der Waals surface area contributed by atoms with Crippen LogP contribution in [0.3, 0.4) is 0 Å². The van der Waals surface area contributed by atoms with Crippen molar-refractivity contribution in [2.75, 3.05) is 6.54 Å². The van der Waals surface area contributed by atoms with Crippen molar-refractivity contribution < 1.29 is 5.11 Å². The van der Waals surface area contributed by atoms with Gasteiger partial charge in [0.1, 0.15) is 0 Å². The molecule has 0 aliphatic heterocycles. The molecule has 1 aromatic heterocycles. The highest BCUT2D eigenvalue weighted by Gasteiger charge is 2.25. The second-order valence-corrected chi connectivity index (χ2v) is 5.10. The lowest BCUT2D eigenvalue weighted by atomic mass is 9.93.